The molecule has 1 aromatic carbocycles. The minimum absolute atomic E-state index is 0.259. The highest BCUT2D eigenvalue weighted by Gasteiger charge is 2.42. The van der Waals surface area contributed by atoms with Gasteiger partial charge in [-0.25, -0.2) is 0 Å². The number of thiocarbonyl (C=S) groups is 1. The van der Waals surface area contributed by atoms with Gasteiger partial charge >= 0.3 is 6.18 Å². The average Bonchev–Trinajstić information content (AvgIpc) is 2.35. The number of alkyl halides is 3. The molecule has 112 valence electrons. The van der Waals surface area contributed by atoms with Crippen LogP contribution in [0.3, 0.4) is 0 Å². The van der Waals surface area contributed by atoms with Crippen molar-refractivity contribution in [3.05, 3.63) is 29.8 Å². The number of hydrogen-bond acceptors (Lipinski definition) is 3. The highest BCUT2D eigenvalue weighted by molar-refractivity contribution is 7.80. The molecule has 1 unspecified atom stereocenters. The van der Waals surface area contributed by atoms with Gasteiger partial charge < -0.3 is 15.4 Å². The van der Waals surface area contributed by atoms with E-state index >= 15 is 0 Å². The van der Waals surface area contributed by atoms with E-state index in [4.69, 9.17) is 10.5 Å². The Morgan fingerprint density at radius 1 is 1.35 bits per heavy atom. The first-order valence-electron chi connectivity index (χ1n) is 5.91. The fraction of sp³-hybridized carbons (Fsp3) is 0.462. The molecule has 1 aromatic rings. The van der Waals surface area contributed by atoms with E-state index < -0.39 is 17.1 Å². The van der Waals surface area contributed by atoms with Gasteiger partial charge in [-0.2, -0.15) is 13.2 Å². The Balaban J connectivity index is 2.65. The zero-order valence-corrected chi connectivity index (χ0v) is 12.1. The number of benzene rings is 1. The first kappa shape index (κ1) is 16.7. The number of halogens is 3. The molecule has 0 saturated heterocycles. The van der Waals surface area contributed by atoms with Crippen molar-refractivity contribution in [2.24, 2.45) is 11.7 Å². The fourth-order valence-electron chi connectivity index (χ4n) is 1.77. The topological polar surface area (TPSA) is 38.5 Å². The van der Waals surface area contributed by atoms with E-state index in [2.05, 4.69) is 12.2 Å². The maximum atomic E-state index is 12.8. The van der Waals surface area contributed by atoms with Gasteiger partial charge in [0, 0.05) is 13.1 Å². The van der Waals surface area contributed by atoms with Crippen LogP contribution in [-0.4, -0.2) is 36.8 Å². The number of methoxy groups -OCH3 is 1. The molecule has 0 aliphatic carbocycles. The lowest BCUT2D eigenvalue weighted by molar-refractivity contribution is -0.158. The molecule has 0 aliphatic heterocycles. The van der Waals surface area contributed by atoms with Crippen LogP contribution in [0.5, 0.6) is 5.75 Å². The van der Waals surface area contributed by atoms with Gasteiger partial charge in [0.1, 0.15) is 11.7 Å². The van der Waals surface area contributed by atoms with Crippen LogP contribution in [0, 0.1) is 5.92 Å². The van der Waals surface area contributed by atoms with Crippen molar-refractivity contribution >= 4 is 17.2 Å². The number of nitrogens with zero attached hydrogens (tertiary/aromatic N) is 1. The molecule has 0 radical (unpaired) electrons. The van der Waals surface area contributed by atoms with Crippen LogP contribution in [0.4, 0.5) is 13.2 Å². The second-order valence-corrected chi connectivity index (χ2v) is 5.01. The highest BCUT2D eigenvalue weighted by Crippen LogP contribution is 2.27. The fourth-order valence-corrected chi connectivity index (χ4v) is 1.98. The van der Waals surface area contributed by atoms with Gasteiger partial charge in [-0.15, -0.1) is 0 Å². The summed E-state index contributed by atoms with van der Waals surface area (Å²) in [5.41, 5.74) is 6.06. The highest BCUT2D eigenvalue weighted by atomic mass is 32.1. The monoisotopic (exact) mass is 306 g/mol. The maximum absolute atomic E-state index is 12.8. The summed E-state index contributed by atoms with van der Waals surface area (Å²) in [5, 5.41) is 0. The normalized spacial score (nSPS) is 13.3. The molecule has 2 N–H and O–H groups in total. The lowest BCUT2D eigenvalue weighted by Crippen LogP contribution is -2.42. The summed E-state index contributed by atoms with van der Waals surface area (Å²) in [5.74, 6) is -1.09. The van der Waals surface area contributed by atoms with Crippen molar-refractivity contribution < 1.29 is 17.9 Å². The van der Waals surface area contributed by atoms with Gasteiger partial charge in [0.15, 0.2) is 0 Å². The van der Waals surface area contributed by atoms with E-state index in [-0.39, 0.29) is 6.54 Å². The predicted octanol–water partition coefficient (Wildman–Crippen LogP) is 2.59. The van der Waals surface area contributed by atoms with Crippen LogP contribution in [0.2, 0.25) is 0 Å². The summed E-state index contributed by atoms with van der Waals surface area (Å²) >= 11 is 4.50. The van der Waals surface area contributed by atoms with Gasteiger partial charge in [-0.3, -0.25) is 0 Å². The number of hydrogen-bond donors (Lipinski definition) is 1. The molecule has 0 aliphatic rings. The predicted molar refractivity (Wildman–Crippen MR) is 75.7 cm³/mol. The largest absolute Gasteiger partial charge is 0.497 e. The first-order valence-corrected chi connectivity index (χ1v) is 6.32. The Morgan fingerprint density at radius 2 is 1.90 bits per heavy atom. The van der Waals surface area contributed by atoms with E-state index in [0.29, 0.717) is 12.3 Å². The van der Waals surface area contributed by atoms with Gasteiger partial charge in [0.25, 0.3) is 0 Å². The van der Waals surface area contributed by atoms with Gasteiger partial charge in [-0.1, -0.05) is 24.4 Å². The summed E-state index contributed by atoms with van der Waals surface area (Å²) < 4.78 is 43.3. The van der Waals surface area contributed by atoms with Crippen molar-refractivity contribution in [3.8, 4) is 5.75 Å². The Bertz CT molecular complexity index is 448. The molecule has 20 heavy (non-hydrogen) atoms. The lowest BCUT2D eigenvalue weighted by Gasteiger charge is -2.25. The standard InChI is InChI=1S/C13H17F3N2OS/c1-18(8-11(12(17)20)13(14,15)16)7-9-3-5-10(19-2)6-4-9/h3-6,11H,7-8H2,1-2H3,(H2,17,20). The minimum atomic E-state index is -4.42. The quantitative estimate of drug-likeness (QED) is 0.820. The summed E-state index contributed by atoms with van der Waals surface area (Å²) in [6, 6.07) is 7.13. The van der Waals surface area contributed by atoms with Crippen LogP contribution in [0.25, 0.3) is 0 Å². The van der Waals surface area contributed by atoms with Crippen LogP contribution in [0.15, 0.2) is 24.3 Å². The van der Waals surface area contributed by atoms with Gasteiger partial charge in [0.05, 0.1) is 12.1 Å². The number of ether oxygens (including phenoxy) is 1. The van der Waals surface area contributed by atoms with Crippen molar-refractivity contribution in [2.45, 2.75) is 12.7 Å². The molecule has 0 heterocycles. The molecule has 0 aromatic heterocycles. The smallest absolute Gasteiger partial charge is 0.399 e. The van der Waals surface area contributed by atoms with Crippen molar-refractivity contribution in [1.82, 2.24) is 4.90 Å². The molecule has 0 fully saturated rings. The van der Waals surface area contributed by atoms with Crippen LogP contribution in [-0.2, 0) is 6.54 Å². The maximum Gasteiger partial charge on any atom is 0.399 e. The molecular formula is C13H17F3N2OS. The zero-order chi connectivity index (χ0) is 15.3. The molecule has 0 spiro atoms. The van der Waals surface area contributed by atoms with E-state index in [1.54, 1.807) is 43.3 Å². The first-order chi connectivity index (χ1) is 9.24. The summed E-state index contributed by atoms with van der Waals surface area (Å²) in [6.07, 6.45) is -4.42. The van der Waals surface area contributed by atoms with Crippen molar-refractivity contribution in [3.63, 3.8) is 0 Å². The zero-order valence-electron chi connectivity index (χ0n) is 11.3. The van der Waals surface area contributed by atoms with E-state index in [1.165, 1.54) is 0 Å². The Labute approximate surface area is 121 Å². The Hall–Kier alpha value is -1.34. The van der Waals surface area contributed by atoms with E-state index in [1.807, 2.05) is 0 Å². The molecule has 1 atom stereocenters. The molecule has 0 amide bonds. The van der Waals surface area contributed by atoms with Crippen LogP contribution >= 0.6 is 12.2 Å². The Morgan fingerprint density at radius 3 is 2.30 bits per heavy atom. The molecule has 0 saturated carbocycles. The molecule has 1 rings (SSSR count). The third-order valence-corrected chi connectivity index (χ3v) is 3.13. The summed E-state index contributed by atoms with van der Waals surface area (Å²) in [7, 11) is 3.15. The van der Waals surface area contributed by atoms with Gasteiger partial charge in [0.2, 0.25) is 0 Å². The second kappa shape index (κ2) is 6.90. The summed E-state index contributed by atoms with van der Waals surface area (Å²) in [6.45, 7) is 0.115. The SMILES string of the molecule is COc1ccc(CN(C)CC(C(N)=S)C(F)(F)F)cc1. The average molecular weight is 306 g/mol. The minimum Gasteiger partial charge on any atom is -0.497 e. The van der Waals surface area contributed by atoms with Crippen molar-refractivity contribution in [2.75, 3.05) is 20.7 Å². The molecule has 3 nitrogen and oxygen atoms in total. The van der Waals surface area contributed by atoms with Gasteiger partial charge in [-0.05, 0) is 24.7 Å². The Kier molecular flexibility index (Phi) is 5.76. The molecule has 0 bridgehead atoms. The van der Waals surface area contributed by atoms with Crippen LogP contribution in [0.1, 0.15) is 5.56 Å². The summed E-state index contributed by atoms with van der Waals surface area (Å²) in [4.78, 5) is 1.01. The third-order valence-electron chi connectivity index (χ3n) is 2.84. The molecule has 7 heteroatoms. The second-order valence-electron chi connectivity index (χ2n) is 4.54. The molecular weight excluding hydrogens is 289 g/mol. The van der Waals surface area contributed by atoms with E-state index in [9.17, 15) is 13.2 Å². The lowest BCUT2D eigenvalue weighted by atomic mass is 10.1. The van der Waals surface area contributed by atoms with E-state index in [0.717, 1.165) is 5.56 Å². The van der Waals surface area contributed by atoms with Crippen molar-refractivity contribution in [1.29, 1.82) is 0 Å². The third kappa shape index (κ3) is 4.97. The van der Waals surface area contributed by atoms with Crippen LogP contribution < -0.4 is 10.5 Å². The number of rotatable bonds is 6. The number of nitrogens with two attached hydrogens (primary N) is 1.